The van der Waals surface area contributed by atoms with E-state index in [4.69, 9.17) is 9.47 Å². The van der Waals surface area contributed by atoms with Crippen LogP contribution < -0.4 is 25.4 Å². The summed E-state index contributed by atoms with van der Waals surface area (Å²) >= 11 is 1.36. The molecule has 0 spiro atoms. The first-order valence-electron chi connectivity index (χ1n) is 10.1. The lowest BCUT2D eigenvalue weighted by atomic mass is 9.96. The van der Waals surface area contributed by atoms with Gasteiger partial charge in [0.05, 0.1) is 19.9 Å². The van der Waals surface area contributed by atoms with E-state index in [1.807, 2.05) is 5.38 Å². The molecule has 1 saturated carbocycles. The monoisotopic (exact) mass is 432 g/mol. The minimum atomic E-state index is -0.214. The minimum Gasteiger partial charge on any atom is -0.493 e. The van der Waals surface area contributed by atoms with Crippen molar-refractivity contribution in [3.05, 3.63) is 29.3 Å². The summed E-state index contributed by atoms with van der Waals surface area (Å²) in [6.45, 7) is 0. The Kier molecular flexibility index (Phi) is 7.89. The number of hydrogen-bond donors (Lipinski definition) is 3. The molecule has 1 aliphatic carbocycles. The van der Waals surface area contributed by atoms with Crippen LogP contribution in [0.5, 0.6) is 11.5 Å². The summed E-state index contributed by atoms with van der Waals surface area (Å²) in [6.07, 6.45) is 6.41. The lowest BCUT2D eigenvalue weighted by Crippen LogP contribution is -2.38. The van der Waals surface area contributed by atoms with Crippen LogP contribution in [0, 0.1) is 0 Å². The molecular weight excluding hydrogens is 404 g/mol. The van der Waals surface area contributed by atoms with Crippen LogP contribution in [0.1, 0.15) is 44.2 Å². The van der Waals surface area contributed by atoms with Crippen LogP contribution in [-0.4, -0.2) is 37.2 Å². The second-order valence-corrected chi connectivity index (χ2v) is 8.05. The molecule has 3 amide bonds. The van der Waals surface area contributed by atoms with Gasteiger partial charge in [0.1, 0.15) is 0 Å². The molecule has 0 bridgehead atoms. The molecule has 162 valence electrons. The number of carbonyl (C=O) groups is 2. The molecule has 8 nitrogen and oxygen atoms in total. The molecule has 1 aromatic heterocycles. The maximum absolute atomic E-state index is 12.3. The fourth-order valence-corrected chi connectivity index (χ4v) is 4.16. The van der Waals surface area contributed by atoms with Crippen LogP contribution in [0.15, 0.2) is 23.6 Å². The van der Waals surface area contributed by atoms with Crippen LogP contribution in [0.3, 0.4) is 0 Å². The number of benzene rings is 1. The zero-order valence-electron chi connectivity index (χ0n) is 17.3. The third-order valence-corrected chi connectivity index (χ3v) is 5.79. The first kappa shape index (κ1) is 21.9. The Balaban J connectivity index is 1.44. The van der Waals surface area contributed by atoms with Gasteiger partial charge in [-0.05, 0) is 31.4 Å². The number of nitrogens with zero attached hydrogens (tertiary/aromatic N) is 1. The second-order valence-electron chi connectivity index (χ2n) is 7.20. The van der Waals surface area contributed by atoms with Crippen LogP contribution >= 0.6 is 11.3 Å². The van der Waals surface area contributed by atoms with Crippen molar-refractivity contribution in [2.75, 3.05) is 24.9 Å². The molecule has 0 aliphatic heterocycles. The number of anilines is 2. The number of aryl methyl sites for hydroxylation is 1. The van der Waals surface area contributed by atoms with Crippen molar-refractivity contribution in [2.24, 2.45) is 0 Å². The number of amides is 3. The molecule has 9 heteroatoms. The molecule has 0 radical (unpaired) electrons. The zero-order valence-corrected chi connectivity index (χ0v) is 18.1. The van der Waals surface area contributed by atoms with Gasteiger partial charge in [-0.3, -0.25) is 10.1 Å². The lowest BCUT2D eigenvalue weighted by molar-refractivity contribution is -0.116. The first-order chi connectivity index (χ1) is 14.6. The third kappa shape index (κ3) is 6.35. The summed E-state index contributed by atoms with van der Waals surface area (Å²) in [4.78, 5) is 28.8. The molecule has 1 aliphatic rings. The van der Waals surface area contributed by atoms with Crippen LogP contribution in [0.25, 0.3) is 0 Å². The normalized spacial score (nSPS) is 14.1. The Morgan fingerprint density at radius 1 is 1.10 bits per heavy atom. The third-order valence-electron chi connectivity index (χ3n) is 4.99. The van der Waals surface area contributed by atoms with E-state index < -0.39 is 0 Å². The fraction of sp³-hybridized carbons (Fsp3) is 0.476. The van der Waals surface area contributed by atoms with Crippen molar-refractivity contribution in [1.82, 2.24) is 10.3 Å². The summed E-state index contributed by atoms with van der Waals surface area (Å²) in [5, 5.41) is 11.0. The Labute approximate surface area is 180 Å². The number of ether oxygens (including phenoxy) is 2. The number of urea groups is 1. The minimum absolute atomic E-state index is 0.125. The molecule has 3 N–H and O–H groups in total. The zero-order chi connectivity index (χ0) is 21.3. The van der Waals surface area contributed by atoms with Crippen molar-refractivity contribution in [1.29, 1.82) is 0 Å². The molecule has 2 aromatic rings. The quantitative estimate of drug-likeness (QED) is 0.581. The summed E-state index contributed by atoms with van der Waals surface area (Å²) in [6, 6.07) is 5.25. The van der Waals surface area contributed by atoms with E-state index in [9.17, 15) is 9.59 Å². The summed E-state index contributed by atoms with van der Waals surface area (Å²) in [5.41, 5.74) is 1.41. The molecular formula is C21H28N4O4S. The highest BCUT2D eigenvalue weighted by atomic mass is 32.1. The van der Waals surface area contributed by atoms with Crippen molar-refractivity contribution < 1.29 is 19.1 Å². The van der Waals surface area contributed by atoms with Gasteiger partial charge in [-0.15, -0.1) is 11.3 Å². The highest BCUT2D eigenvalue weighted by Crippen LogP contribution is 2.29. The number of thiazole rings is 1. The second kappa shape index (κ2) is 10.8. The molecule has 3 rings (SSSR count). The predicted molar refractivity (Wildman–Crippen MR) is 118 cm³/mol. The van der Waals surface area contributed by atoms with Crippen molar-refractivity contribution in [3.8, 4) is 11.5 Å². The maximum atomic E-state index is 12.3. The number of hydrogen-bond acceptors (Lipinski definition) is 6. The van der Waals surface area contributed by atoms with Gasteiger partial charge in [-0.1, -0.05) is 19.3 Å². The van der Waals surface area contributed by atoms with E-state index in [1.54, 1.807) is 32.4 Å². The molecule has 30 heavy (non-hydrogen) atoms. The summed E-state index contributed by atoms with van der Waals surface area (Å²) in [7, 11) is 3.11. The standard InChI is InChI=1S/C21H28N4O4S/c1-28-17-10-8-15(12-18(17)29-2)22-19(26)11-9-16-13-30-21(24-16)25-20(27)23-14-6-4-3-5-7-14/h8,10,12-14H,3-7,9,11H2,1-2H3,(H,22,26)(H2,23,24,25,27). The maximum Gasteiger partial charge on any atom is 0.321 e. The summed E-state index contributed by atoms with van der Waals surface area (Å²) in [5.74, 6) is 1.03. The van der Waals surface area contributed by atoms with E-state index in [2.05, 4.69) is 20.9 Å². The topological polar surface area (TPSA) is 102 Å². The van der Waals surface area contributed by atoms with Gasteiger partial charge in [0.15, 0.2) is 16.6 Å². The van der Waals surface area contributed by atoms with E-state index in [0.29, 0.717) is 28.7 Å². The largest absolute Gasteiger partial charge is 0.493 e. The van der Waals surface area contributed by atoms with Gasteiger partial charge < -0.3 is 20.1 Å². The molecule has 0 atom stereocenters. The molecule has 1 heterocycles. The van der Waals surface area contributed by atoms with Gasteiger partial charge in [-0.2, -0.15) is 0 Å². The van der Waals surface area contributed by atoms with E-state index >= 15 is 0 Å². The molecule has 1 fully saturated rings. The smallest absolute Gasteiger partial charge is 0.321 e. The van der Waals surface area contributed by atoms with Gasteiger partial charge in [0.2, 0.25) is 5.91 Å². The number of rotatable bonds is 8. The highest BCUT2D eigenvalue weighted by Gasteiger charge is 2.16. The van der Waals surface area contributed by atoms with Gasteiger partial charge in [0, 0.05) is 29.6 Å². The fourth-order valence-electron chi connectivity index (χ4n) is 3.42. The highest BCUT2D eigenvalue weighted by molar-refractivity contribution is 7.13. The average molecular weight is 433 g/mol. The SMILES string of the molecule is COc1ccc(NC(=O)CCc2csc(NC(=O)NC3CCCCC3)n2)cc1OC. The van der Waals surface area contributed by atoms with Crippen LogP contribution in [0.4, 0.5) is 15.6 Å². The predicted octanol–water partition coefficient (Wildman–Crippen LogP) is 4.19. The average Bonchev–Trinajstić information content (AvgIpc) is 3.20. The van der Waals surface area contributed by atoms with E-state index in [-0.39, 0.29) is 24.4 Å². The Morgan fingerprint density at radius 3 is 2.60 bits per heavy atom. The van der Waals surface area contributed by atoms with E-state index in [0.717, 1.165) is 31.4 Å². The lowest BCUT2D eigenvalue weighted by Gasteiger charge is -2.22. The number of methoxy groups -OCH3 is 2. The van der Waals surface area contributed by atoms with Gasteiger partial charge >= 0.3 is 6.03 Å². The number of nitrogens with one attached hydrogen (secondary N) is 3. The van der Waals surface area contributed by atoms with Gasteiger partial charge in [-0.25, -0.2) is 9.78 Å². The van der Waals surface area contributed by atoms with Crippen molar-refractivity contribution in [3.63, 3.8) is 0 Å². The molecule has 1 aromatic carbocycles. The van der Waals surface area contributed by atoms with Crippen LogP contribution in [-0.2, 0) is 11.2 Å². The number of carbonyl (C=O) groups excluding carboxylic acids is 2. The summed E-state index contributed by atoms with van der Waals surface area (Å²) < 4.78 is 10.4. The van der Waals surface area contributed by atoms with Crippen molar-refractivity contribution >= 4 is 34.1 Å². The van der Waals surface area contributed by atoms with Crippen LogP contribution in [0.2, 0.25) is 0 Å². The Bertz CT molecular complexity index is 864. The van der Waals surface area contributed by atoms with Gasteiger partial charge in [0.25, 0.3) is 0 Å². The molecule has 0 saturated heterocycles. The van der Waals surface area contributed by atoms with E-state index in [1.165, 1.54) is 17.8 Å². The Morgan fingerprint density at radius 2 is 1.87 bits per heavy atom. The first-order valence-corrected chi connectivity index (χ1v) is 11.0. The Hall–Kier alpha value is -2.81. The number of aromatic nitrogens is 1. The van der Waals surface area contributed by atoms with Crippen molar-refractivity contribution in [2.45, 2.75) is 51.0 Å². The molecule has 0 unspecified atom stereocenters.